The smallest absolute Gasteiger partial charge is 0.320 e. The Labute approximate surface area is 123 Å². The minimum Gasteiger partial charge on any atom is -0.480 e. The molecule has 2 rings (SSSR count). The lowest BCUT2D eigenvalue weighted by atomic mass is 10.0. The molecule has 2 N–H and O–H groups in total. The van der Waals surface area contributed by atoms with Crippen molar-refractivity contribution >= 4 is 28.5 Å². The lowest BCUT2D eigenvalue weighted by molar-refractivity contribution is -0.139. The molecule has 0 amide bonds. The fourth-order valence-corrected chi connectivity index (χ4v) is 2.70. The molecule has 0 bridgehead atoms. The summed E-state index contributed by atoms with van der Waals surface area (Å²) < 4.78 is 0. The van der Waals surface area contributed by atoms with Gasteiger partial charge in [-0.05, 0) is 34.8 Å². The molecule has 0 aliphatic rings. The number of thioether (sulfide) groups is 1. The Hall–Kier alpha value is -1.52. The van der Waals surface area contributed by atoms with E-state index in [0.29, 0.717) is 13.0 Å². The molecule has 1 atom stereocenters. The maximum atomic E-state index is 11.2. The second-order valence-corrected chi connectivity index (χ2v) is 5.68. The van der Waals surface area contributed by atoms with Gasteiger partial charge < -0.3 is 10.4 Å². The van der Waals surface area contributed by atoms with Crippen molar-refractivity contribution in [3.63, 3.8) is 0 Å². The highest BCUT2D eigenvalue weighted by Gasteiger charge is 2.16. The molecule has 106 valence electrons. The fourth-order valence-electron chi connectivity index (χ4n) is 2.23. The van der Waals surface area contributed by atoms with E-state index in [-0.39, 0.29) is 0 Å². The van der Waals surface area contributed by atoms with Crippen molar-refractivity contribution in [3.8, 4) is 0 Å². The highest BCUT2D eigenvalue weighted by Crippen LogP contribution is 2.18. The van der Waals surface area contributed by atoms with Gasteiger partial charge in [0.25, 0.3) is 0 Å². The number of fused-ring (bicyclic) bond motifs is 1. The molecule has 0 aliphatic heterocycles. The predicted molar refractivity (Wildman–Crippen MR) is 85.2 cm³/mol. The van der Waals surface area contributed by atoms with Crippen molar-refractivity contribution in [2.75, 3.05) is 12.0 Å². The molecule has 0 spiro atoms. The maximum absolute atomic E-state index is 11.2. The minimum atomic E-state index is -0.778. The Morgan fingerprint density at radius 3 is 2.75 bits per heavy atom. The van der Waals surface area contributed by atoms with Crippen LogP contribution in [0.15, 0.2) is 42.5 Å². The molecule has 0 saturated carbocycles. The molecule has 0 fully saturated rings. The molecule has 2 aromatic carbocycles. The summed E-state index contributed by atoms with van der Waals surface area (Å²) in [5, 5.41) is 14.7. The summed E-state index contributed by atoms with van der Waals surface area (Å²) in [7, 11) is 0. The van der Waals surface area contributed by atoms with Crippen LogP contribution in [0.4, 0.5) is 0 Å². The number of nitrogens with one attached hydrogen (secondary N) is 1. The van der Waals surface area contributed by atoms with Crippen LogP contribution in [-0.4, -0.2) is 29.1 Å². The first-order valence-corrected chi connectivity index (χ1v) is 8.03. The molecular weight excluding hydrogens is 270 g/mol. The van der Waals surface area contributed by atoms with Gasteiger partial charge in [-0.15, -0.1) is 0 Å². The van der Waals surface area contributed by atoms with Crippen molar-refractivity contribution in [2.24, 2.45) is 0 Å². The summed E-state index contributed by atoms with van der Waals surface area (Å²) in [4.78, 5) is 11.2. The molecule has 20 heavy (non-hydrogen) atoms. The summed E-state index contributed by atoms with van der Waals surface area (Å²) in [6.45, 7) is 0.576. The van der Waals surface area contributed by atoms with Crippen molar-refractivity contribution in [2.45, 2.75) is 19.0 Å². The average Bonchev–Trinajstić information content (AvgIpc) is 2.47. The molecule has 4 heteroatoms. The topological polar surface area (TPSA) is 49.3 Å². The quantitative estimate of drug-likeness (QED) is 0.822. The molecule has 2 aromatic rings. The summed E-state index contributed by atoms with van der Waals surface area (Å²) >= 11 is 1.67. The van der Waals surface area contributed by atoms with E-state index >= 15 is 0 Å². The first kappa shape index (κ1) is 14.9. The monoisotopic (exact) mass is 289 g/mol. The van der Waals surface area contributed by atoms with Gasteiger partial charge in [-0.1, -0.05) is 42.5 Å². The van der Waals surface area contributed by atoms with Crippen LogP contribution in [0.25, 0.3) is 10.8 Å². The van der Waals surface area contributed by atoms with Crippen LogP contribution in [0.2, 0.25) is 0 Å². The van der Waals surface area contributed by atoms with Crippen LogP contribution in [0.3, 0.4) is 0 Å². The van der Waals surface area contributed by atoms with E-state index in [2.05, 4.69) is 23.5 Å². The van der Waals surface area contributed by atoms with E-state index < -0.39 is 12.0 Å². The molecule has 0 saturated heterocycles. The first-order valence-electron chi connectivity index (χ1n) is 6.64. The Morgan fingerprint density at radius 1 is 1.25 bits per heavy atom. The zero-order chi connectivity index (χ0) is 14.4. The predicted octanol–water partition coefficient (Wildman–Crippen LogP) is 3.14. The highest BCUT2D eigenvalue weighted by atomic mass is 32.2. The third kappa shape index (κ3) is 3.74. The first-order chi connectivity index (χ1) is 9.72. The minimum absolute atomic E-state index is 0.485. The van der Waals surface area contributed by atoms with Crippen LogP contribution >= 0.6 is 11.8 Å². The van der Waals surface area contributed by atoms with Gasteiger partial charge in [0.2, 0.25) is 0 Å². The summed E-state index contributed by atoms with van der Waals surface area (Å²) in [6, 6.07) is 13.8. The van der Waals surface area contributed by atoms with E-state index in [4.69, 9.17) is 0 Å². The van der Waals surface area contributed by atoms with Gasteiger partial charge >= 0.3 is 5.97 Å². The molecule has 3 nitrogen and oxygen atoms in total. The fraction of sp³-hybridized carbons (Fsp3) is 0.312. The van der Waals surface area contributed by atoms with Gasteiger partial charge in [0, 0.05) is 6.54 Å². The lowest BCUT2D eigenvalue weighted by Crippen LogP contribution is -2.36. The molecule has 0 aliphatic carbocycles. The summed E-state index contributed by atoms with van der Waals surface area (Å²) in [6.07, 6.45) is 2.63. The van der Waals surface area contributed by atoms with Crippen molar-refractivity contribution in [1.29, 1.82) is 0 Å². The number of rotatable bonds is 7. The third-order valence-corrected chi connectivity index (χ3v) is 3.97. The number of carboxylic acid groups (broad SMARTS) is 1. The van der Waals surface area contributed by atoms with Crippen molar-refractivity contribution < 1.29 is 9.90 Å². The Morgan fingerprint density at radius 2 is 2.00 bits per heavy atom. The van der Waals surface area contributed by atoms with Gasteiger partial charge in [0.1, 0.15) is 6.04 Å². The van der Waals surface area contributed by atoms with E-state index in [1.54, 1.807) is 11.8 Å². The SMILES string of the molecule is CSCCC(NCc1cccc2ccccc12)C(=O)O. The largest absolute Gasteiger partial charge is 0.480 e. The summed E-state index contributed by atoms with van der Waals surface area (Å²) in [5.41, 5.74) is 1.14. The molecule has 0 heterocycles. The maximum Gasteiger partial charge on any atom is 0.320 e. The average molecular weight is 289 g/mol. The lowest BCUT2D eigenvalue weighted by Gasteiger charge is -2.15. The Bertz CT molecular complexity index is 580. The van der Waals surface area contributed by atoms with Crippen LogP contribution < -0.4 is 5.32 Å². The van der Waals surface area contributed by atoms with E-state index in [1.807, 2.05) is 30.5 Å². The van der Waals surface area contributed by atoms with Crippen LogP contribution in [0.1, 0.15) is 12.0 Å². The van der Waals surface area contributed by atoms with E-state index in [1.165, 1.54) is 10.8 Å². The molecule has 0 radical (unpaired) electrons. The Kier molecular flexibility index (Phi) is 5.44. The molecular formula is C16H19NO2S. The van der Waals surface area contributed by atoms with Gasteiger partial charge in [-0.2, -0.15) is 11.8 Å². The van der Waals surface area contributed by atoms with Crippen molar-refractivity contribution in [3.05, 3.63) is 48.0 Å². The zero-order valence-corrected chi connectivity index (χ0v) is 12.3. The number of carboxylic acids is 1. The second-order valence-electron chi connectivity index (χ2n) is 4.69. The Balaban J connectivity index is 2.09. The van der Waals surface area contributed by atoms with Crippen LogP contribution in [0, 0.1) is 0 Å². The number of hydrogen-bond acceptors (Lipinski definition) is 3. The second kappa shape index (κ2) is 7.31. The number of hydrogen-bond donors (Lipinski definition) is 2. The van der Waals surface area contributed by atoms with Gasteiger partial charge in [0.05, 0.1) is 0 Å². The molecule has 1 unspecified atom stereocenters. The third-order valence-electron chi connectivity index (χ3n) is 3.33. The van der Waals surface area contributed by atoms with E-state index in [0.717, 1.165) is 11.3 Å². The van der Waals surface area contributed by atoms with Crippen molar-refractivity contribution in [1.82, 2.24) is 5.32 Å². The number of aliphatic carboxylic acids is 1. The normalized spacial score (nSPS) is 12.4. The number of benzene rings is 2. The highest BCUT2D eigenvalue weighted by molar-refractivity contribution is 7.98. The number of carbonyl (C=O) groups is 1. The standard InChI is InChI=1S/C16H19NO2S/c1-20-10-9-15(16(18)19)17-11-13-7-4-6-12-5-2-3-8-14(12)13/h2-8,15,17H,9-11H2,1H3,(H,18,19). The molecule has 0 aromatic heterocycles. The van der Waals surface area contributed by atoms with Gasteiger partial charge in [-0.25, -0.2) is 0 Å². The summed E-state index contributed by atoms with van der Waals surface area (Å²) in [5.74, 6) is 0.0683. The van der Waals surface area contributed by atoms with E-state index in [9.17, 15) is 9.90 Å². The zero-order valence-electron chi connectivity index (χ0n) is 11.5. The van der Waals surface area contributed by atoms with Gasteiger partial charge in [0.15, 0.2) is 0 Å². The van der Waals surface area contributed by atoms with Gasteiger partial charge in [-0.3, -0.25) is 4.79 Å². The van der Waals surface area contributed by atoms with Crippen LogP contribution in [-0.2, 0) is 11.3 Å². The van der Waals surface area contributed by atoms with Crippen LogP contribution in [0.5, 0.6) is 0 Å².